The number of hydrogen-bond donors (Lipinski definition) is 0. The number of esters is 1. The second-order valence-corrected chi connectivity index (χ2v) is 18.1. The Bertz CT molecular complexity index is 1600. The van der Waals surface area contributed by atoms with Gasteiger partial charge in [0.05, 0.1) is 6.61 Å². The van der Waals surface area contributed by atoms with Gasteiger partial charge in [0.15, 0.2) is 33.9 Å². The number of halogens is 1. The van der Waals surface area contributed by atoms with Crippen LogP contribution in [0.25, 0.3) is 11.2 Å². The fraction of sp³-hybridized carbons (Fsp3) is 0.485. The molecule has 252 valence electrons. The Kier molecular flexibility index (Phi) is 11.4. The zero-order valence-electron chi connectivity index (χ0n) is 27.8. The highest BCUT2D eigenvalue weighted by Gasteiger charge is 2.55. The first kappa shape index (κ1) is 35.4. The highest BCUT2D eigenvalue weighted by Crippen LogP contribution is 2.41. The van der Waals surface area contributed by atoms with Crippen LogP contribution >= 0.6 is 23.4 Å². The van der Waals surface area contributed by atoms with Crippen molar-refractivity contribution in [2.45, 2.75) is 81.9 Å². The number of methoxy groups -OCH3 is 2. The monoisotopic (exact) mass is 699 g/mol. The van der Waals surface area contributed by atoms with Crippen LogP contribution in [0.4, 0.5) is 0 Å². The molecule has 1 saturated heterocycles. The number of aromatic nitrogens is 5. The van der Waals surface area contributed by atoms with Gasteiger partial charge in [0, 0.05) is 26.9 Å². The molecule has 2 aromatic carbocycles. The molecule has 0 saturated carbocycles. The van der Waals surface area contributed by atoms with E-state index < -0.39 is 44.9 Å². The molecule has 1 aliphatic heterocycles. The molecule has 0 aliphatic carbocycles. The van der Waals surface area contributed by atoms with Crippen molar-refractivity contribution in [3.05, 3.63) is 65.8 Å². The van der Waals surface area contributed by atoms with Gasteiger partial charge in [0.25, 0.3) is 8.32 Å². The van der Waals surface area contributed by atoms with Crippen LogP contribution in [0.2, 0.25) is 10.2 Å². The van der Waals surface area contributed by atoms with Crippen LogP contribution in [0, 0.1) is 0 Å². The largest absolute Gasteiger partial charge is 0.457 e. The average molecular weight is 700 g/mol. The summed E-state index contributed by atoms with van der Waals surface area (Å²) in [4.78, 5) is 21.8. The van der Waals surface area contributed by atoms with E-state index in [2.05, 4.69) is 67.3 Å². The molecular weight excluding hydrogens is 658 g/mol. The first-order valence-corrected chi connectivity index (χ1v) is 18.9. The van der Waals surface area contributed by atoms with Crippen molar-refractivity contribution in [2.75, 3.05) is 26.6 Å². The van der Waals surface area contributed by atoms with Gasteiger partial charge < -0.3 is 23.4 Å². The number of ether oxygens (including phenoxy) is 4. The SMILES string of the molecule is CCCSc1nc(Cl)c2nnn([C@@H]3[C@@H](OC(C)=O)[C@H](C(OC)OC)O[C@H]3CO[Si](c3ccccc3)(c3ccccc3)C(C)(C)C)c2n1. The zero-order chi connectivity index (χ0) is 33.8. The highest BCUT2D eigenvalue weighted by atomic mass is 35.5. The number of benzene rings is 2. The predicted octanol–water partition coefficient (Wildman–Crippen LogP) is 4.81. The van der Waals surface area contributed by atoms with Crippen LogP contribution in [0.15, 0.2) is 65.8 Å². The first-order chi connectivity index (χ1) is 22.5. The molecule has 3 heterocycles. The summed E-state index contributed by atoms with van der Waals surface area (Å²) < 4.78 is 32.9. The Morgan fingerprint density at radius 1 is 1.04 bits per heavy atom. The minimum Gasteiger partial charge on any atom is -0.457 e. The van der Waals surface area contributed by atoms with Gasteiger partial charge in [-0.1, -0.05) is 117 Å². The molecule has 47 heavy (non-hydrogen) atoms. The molecule has 0 unspecified atom stereocenters. The second kappa shape index (κ2) is 15.1. The molecule has 11 nitrogen and oxygen atoms in total. The quantitative estimate of drug-likeness (QED) is 0.0478. The Morgan fingerprint density at radius 3 is 2.19 bits per heavy atom. The summed E-state index contributed by atoms with van der Waals surface area (Å²) in [6.45, 7) is 10.2. The molecule has 14 heteroatoms. The standard InChI is InChI=1S/C33H42ClN5O6SSi/c1-8-19-46-32-35-29(34)25-30(36-32)39(38-37-25)26-24(45-28(31(41-6)42-7)27(26)44-21(2)40)20-43-47(33(3,4)5,22-15-11-9-12-16-22)23-17-13-10-14-18-23/h9-18,24,26-28,31H,8,19-20H2,1-7H3/t24-,26-,27+,28+/m0/s1. The second-order valence-electron chi connectivity index (χ2n) is 12.4. The van der Waals surface area contributed by atoms with Crippen molar-refractivity contribution < 1.29 is 28.2 Å². The Balaban J connectivity index is 1.65. The smallest absolute Gasteiger partial charge is 0.303 e. The van der Waals surface area contributed by atoms with Crippen molar-refractivity contribution in [2.24, 2.45) is 0 Å². The van der Waals surface area contributed by atoms with Gasteiger partial charge in [-0.15, -0.1) is 5.10 Å². The summed E-state index contributed by atoms with van der Waals surface area (Å²) in [6.07, 6.45) is -2.33. The van der Waals surface area contributed by atoms with Gasteiger partial charge in [-0.3, -0.25) is 4.79 Å². The maximum absolute atomic E-state index is 12.6. The summed E-state index contributed by atoms with van der Waals surface area (Å²) in [5.74, 6) is 0.316. The number of carbonyl (C=O) groups is 1. The number of carbonyl (C=O) groups excluding carboxylic acids is 1. The van der Waals surface area contributed by atoms with Gasteiger partial charge in [-0.2, -0.15) is 0 Å². The summed E-state index contributed by atoms with van der Waals surface area (Å²) in [5.41, 5.74) is 0.732. The van der Waals surface area contributed by atoms with Gasteiger partial charge >= 0.3 is 5.97 Å². The van der Waals surface area contributed by atoms with Crippen LogP contribution in [-0.2, 0) is 28.2 Å². The molecule has 2 aromatic heterocycles. The lowest BCUT2D eigenvalue weighted by Crippen LogP contribution is -2.67. The van der Waals surface area contributed by atoms with E-state index in [-0.39, 0.29) is 16.8 Å². The molecule has 0 spiro atoms. The van der Waals surface area contributed by atoms with Gasteiger partial charge in [0.1, 0.15) is 18.2 Å². The van der Waals surface area contributed by atoms with Gasteiger partial charge in [0.2, 0.25) is 0 Å². The normalized spacial score (nSPS) is 20.3. The third kappa shape index (κ3) is 7.12. The predicted molar refractivity (Wildman–Crippen MR) is 184 cm³/mol. The number of nitrogens with zero attached hydrogens (tertiary/aromatic N) is 5. The Labute approximate surface area is 285 Å². The molecule has 0 bridgehead atoms. The Hall–Kier alpha value is -2.91. The maximum Gasteiger partial charge on any atom is 0.303 e. The molecule has 0 N–H and O–H groups in total. The summed E-state index contributed by atoms with van der Waals surface area (Å²) >= 11 is 8.08. The molecule has 0 radical (unpaired) electrons. The summed E-state index contributed by atoms with van der Waals surface area (Å²) in [6, 6.07) is 20.0. The van der Waals surface area contributed by atoms with Crippen LogP contribution in [0.1, 0.15) is 47.1 Å². The van der Waals surface area contributed by atoms with Crippen molar-refractivity contribution >= 4 is 59.2 Å². The number of thioether (sulfide) groups is 1. The molecule has 0 amide bonds. The highest BCUT2D eigenvalue weighted by molar-refractivity contribution is 7.99. The summed E-state index contributed by atoms with van der Waals surface area (Å²) in [7, 11) is 0.0418. The van der Waals surface area contributed by atoms with Crippen LogP contribution in [-0.4, -0.2) is 90.4 Å². The fourth-order valence-corrected chi connectivity index (χ4v) is 11.8. The minimum atomic E-state index is -2.98. The van der Waals surface area contributed by atoms with Crippen molar-refractivity contribution in [1.29, 1.82) is 0 Å². The topological polar surface area (TPSA) is 120 Å². The lowest BCUT2D eigenvalue weighted by atomic mass is 10.0. The third-order valence-corrected chi connectivity index (χ3v) is 14.6. The van der Waals surface area contributed by atoms with E-state index in [0.717, 1.165) is 22.5 Å². The number of hydrogen-bond acceptors (Lipinski definition) is 11. The Morgan fingerprint density at radius 2 is 1.66 bits per heavy atom. The molecule has 4 aromatic rings. The van der Waals surface area contributed by atoms with E-state index >= 15 is 0 Å². The van der Waals surface area contributed by atoms with E-state index in [9.17, 15) is 4.79 Å². The zero-order valence-corrected chi connectivity index (χ0v) is 30.3. The number of rotatable bonds is 13. The van der Waals surface area contributed by atoms with Crippen molar-refractivity contribution in [3.63, 3.8) is 0 Å². The lowest BCUT2D eigenvalue weighted by Gasteiger charge is -2.43. The van der Waals surface area contributed by atoms with Gasteiger partial charge in [-0.05, 0) is 21.8 Å². The van der Waals surface area contributed by atoms with E-state index in [1.165, 1.54) is 32.9 Å². The molecule has 1 aliphatic rings. The van der Waals surface area contributed by atoms with Crippen LogP contribution in [0.5, 0.6) is 0 Å². The fourth-order valence-electron chi connectivity index (χ4n) is 6.32. The van der Waals surface area contributed by atoms with Crippen LogP contribution < -0.4 is 10.4 Å². The van der Waals surface area contributed by atoms with E-state index in [4.69, 9.17) is 40.0 Å². The first-order valence-electron chi connectivity index (χ1n) is 15.6. The minimum absolute atomic E-state index is 0.129. The number of fused-ring (bicyclic) bond motifs is 1. The molecule has 5 rings (SSSR count). The summed E-state index contributed by atoms with van der Waals surface area (Å²) in [5, 5.41) is 11.5. The lowest BCUT2D eigenvalue weighted by molar-refractivity contribution is -0.200. The maximum atomic E-state index is 12.6. The molecular formula is C33H42ClN5O6SSi. The molecule has 1 fully saturated rings. The van der Waals surface area contributed by atoms with Crippen molar-refractivity contribution in [1.82, 2.24) is 25.0 Å². The third-order valence-electron chi connectivity index (χ3n) is 8.27. The average Bonchev–Trinajstić information content (AvgIpc) is 3.62. The van der Waals surface area contributed by atoms with E-state index in [0.29, 0.717) is 16.3 Å². The van der Waals surface area contributed by atoms with E-state index in [1.807, 2.05) is 36.4 Å². The molecule has 4 atom stereocenters. The van der Waals surface area contributed by atoms with Gasteiger partial charge in [-0.25, -0.2) is 14.6 Å². The van der Waals surface area contributed by atoms with E-state index in [1.54, 1.807) is 4.68 Å². The van der Waals surface area contributed by atoms with Crippen LogP contribution in [0.3, 0.4) is 0 Å². The van der Waals surface area contributed by atoms with Crippen molar-refractivity contribution in [3.8, 4) is 0 Å².